The first-order valence-corrected chi connectivity index (χ1v) is 8.92. The van der Waals surface area contributed by atoms with Gasteiger partial charge in [0.05, 0.1) is 6.10 Å². The molecule has 0 amide bonds. The molecule has 1 aromatic carbocycles. The number of phenols is 1. The zero-order valence-corrected chi connectivity index (χ0v) is 14.0. The molecule has 3 aliphatic carbocycles. The summed E-state index contributed by atoms with van der Waals surface area (Å²) in [7, 11) is 0. The van der Waals surface area contributed by atoms with E-state index in [0.29, 0.717) is 23.5 Å². The third kappa shape index (κ3) is 2.09. The summed E-state index contributed by atoms with van der Waals surface area (Å²) in [5, 5.41) is 20.3. The normalized spacial score (nSPS) is 41.8. The molecule has 0 heterocycles. The molecule has 0 saturated heterocycles. The number of phenolic OH excluding ortho intramolecular Hbond substituents is 1. The number of aromatic hydroxyl groups is 1. The van der Waals surface area contributed by atoms with Crippen LogP contribution >= 0.6 is 0 Å². The van der Waals surface area contributed by atoms with Crippen molar-refractivity contribution >= 4 is 5.78 Å². The van der Waals surface area contributed by atoms with Crippen LogP contribution in [0.4, 0.5) is 0 Å². The number of hydrogen-bond donors (Lipinski definition) is 2. The van der Waals surface area contributed by atoms with Gasteiger partial charge in [0.25, 0.3) is 0 Å². The summed E-state index contributed by atoms with van der Waals surface area (Å²) in [6.07, 6.45) is 4.51. The van der Waals surface area contributed by atoms with E-state index in [9.17, 15) is 15.0 Å². The molecule has 3 heteroatoms. The van der Waals surface area contributed by atoms with E-state index in [1.165, 1.54) is 11.1 Å². The van der Waals surface area contributed by atoms with Crippen molar-refractivity contribution in [2.24, 2.45) is 23.2 Å². The Labute approximate surface area is 137 Å². The molecule has 2 fully saturated rings. The lowest BCUT2D eigenvalue weighted by Crippen LogP contribution is -2.44. The van der Waals surface area contributed by atoms with Crippen LogP contribution in [0.5, 0.6) is 5.75 Å². The van der Waals surface area contributed by atoms with Gasteiger partial charge in [0.2, 0.25) is 0 Å². The van der Waals surface area contributed by atoms with Crippen LogP contribution in [0.15, 0.2) is 18.2 Å². The fourth-order valence-corrected chi connectivity index (χ4v) is 6.32. The smallest absolute Gasteiger partial charge is 0.136 e. The second kappa shape index (κ2) is 5.07. The first kappa shape index (κ1) is 15.2. The molecule has 2 N–H and O–H groups in total. The average molecular weight is 314 g/mol. The number of carbonyl (C=O) groups excluding carboxylic acids is 1. The number of aliphatic hydroxyl groups is 1. The SMILES string of the molecule is CC(=O)[C@H]1[C@H](O)C[C@H]2[C@@H]3CCc4cc(O)ccc4[C@H]3CC[C@@]21C. The van der Waals surface area contributed by atoms with Gasteiger partial charge < -0.3 is 10.2 Å². The van der Waals surface area contributed by atoms with E-state index in [4.69, 9.17) is 0 Å². The first-order chi connectivity index (χ1) is 10.9. The standard InChI is InChI=1S/C20H26O3/c1-11(21)19-18(23)10-17-16-5-3-12-9-13(22)4-6-14(12)15(16)7-8-20(17,19)2/h4,6,9,15-19,22-23H,3,5,7-8,10H2,1-2H3/t15-,16-,17+,18-,19+,20+/m1/s1. The average Bonchev–Trinajstić information content (AvgIpc) is 2.77. The summed E-state index contributed by atoms with van der Waals surface area (Å²) in [5.41, 5.74) is 2.64. The molecule has 0 aliphatic heterocycles. The predicted molar refractivity (Wildman–Crippen MR) is 88.3 cm³/mol. The van der Waals surface area contributed by atoms with E-state index in [1.807, 2.05) is 6.07 Å². The second-order valence-corrected chi connectivity index (χ2v) is 8.23. The fraction of sp³-hybridized carbons (Fsp3) is 0.650. The van der Waals surface area contributed by atoms with Gasteiger partial charge in [-0.25, -0.2) is 0 Å². The van der Waals surface area contributed by atoms with Crippen molar-refractivity contribution in [3.8, 4) is 5.75 Å². The molecule has 3 nitrogen and oxygen atoms in total. The van der Waals surface area contributed by atoms with Gasteiger partial charge in [-0.2, -0.15) is 0 Å². The molecule has 6 atom stereocenters. The highest BCUT2D eigenvalue weighted by atomic mass is 16.3. The molecule has 0 radical (unpaired) electrons. The Morgan fingerprint density at radius 2 is 2.09 bits per heavy atom. The van der Waals surface area contributed by atoms with Gasteiger partial charge in [-0.1, -0.05) is 13.0 Å². The minimum absolute atomic E-state index is 0.0408. The molecular weight excluding hydrogens is 288 g/mol. The Kier molecular flexibility index (Phi) is 3.35. The summed E-state index contributed by atoms with van der Waals surface area (Å²) in [5.74, 6) is 1.85. The van der Waals surface area contributed by atoms with Gasteiger partial charge in [-0.05, 0) is 85.5 Å². The van der Waals surface area contributed by atoms with E-state index in [0.717, 1.165) is 32.1 Å². The summed E-state index contributed by atoms with van der Waals surface area (Å²) < 4.78 is 0. The van der Waals surface area contributed by atoms with E-state index in [2.05, 4.69) is 13.0 Å². The van der Waals surface area contributed by atoms with Crippen molar-refractivity contribution in [1.82, 2.24) is 0 Å². The number of fused-ring (bicyclic) bond motifs is 5. The van der Waals surface area contributed by atoms with Gasteiger partial charge in [0, 0.05) is 5.92 Å². The zero-order valence-electron chi connectivity index (χ0n) is 14.0. The van der Waals surface area contributed by atoms with Crippen molar-refractivity contribution in [1.29, 1.82) is 0 Å². The largest absolute Gasteiger partial charge is 0.508 e. The highest BCUT2D eigenvalue weighted by Gasteiger charge is 2.59. The van der Waals surface area contributed by atoms with Gasteiger partial charge >= 0.3 is 0 Å². The Bertz CT molecular complexity index is 652. The van der Waals surface area contributed by atoms with E-state index < -0.39 is 6.10 Å². The second-order valence-electron chi connectivity index (χ2n) is 8.23. The van der Waals surface area contributed by atoms with Crippen LogP contribution in [0, 0.1) is 23.2 Å². The third-order valence-electron chi connectivity index (χ3n) is 7.18. The summed E-state index contributed by atoms with van der Waals surface area (Å²) in [6, 6.07) is 5.82. The molecule has 0 bridgehead atoms. The molecule has 23 heavy (non-hydrogen) atoms. The van der Waals surface area contributed by atoms with E-state index in [1.54, 1.807) is 13.0 Å². The van der Waals surface area contributed by atoms with Crippen LogP contribution in [0.2, 0.25) is 0 Å². The third-order valence-corrected chi connectivity index (χ3v) is 7.18. The quantitative estimate of drug-likeness (QED) is 0.835. The Hall–Kier alpha value is -1.35. The number of benzene rings is 1. The van der Waals surface area contributed by atoms with Gasteiger partial charge in [-0.15, -0.1) is 0 Å². The molecule has 4 rings (SSSR count). The lowest BCUT2D eigenvalue weighted by Gasteiger charge is -2.50. The molecule has 2 saturated carbocycles. The Morgan fingerprint density at radius 3 is 2.83 bits per heavy atom. The molecule has 3 aliphatic rings. The van der Waals surface area contributed by atoms with Crippen molar-refractivity contribution < 1.29 is 15.0 Å². The summed E-state index contributed by atoms with van der Waals surface area (Å²) >= 11 is 0. The molecule has 0 spiro atoms. The monoisotopic (exact) mass is 314 g/mol. The highest BCUT2D eigenvalue weighted by Crippen LogP contribution is 2.63. The minimum atomic E-state index is -0.470. The van der Waals surface area contributed by atoms with Gasteiger partial charge in [-0.3, -0.25) is 4.79 Å². The van der Waals surface area contributed by atoms with E-state index in [-0.39, 0.29) is 17.1 Å². The molecule has 124 valence electrons. The van der Waals surface area contributed by atoms with Crippen LogP contribution in [0.3, 0.4) is 0 Å². The van der Waals surface area contributed by atoms with Crippen molar-refractivity contribution in [2.45, 2.75) is 58.0 Å². The summed E-state index contributed by atoms with van der Waals surface area (Å²) in [6.45, 7) is 3.88. The molecule has 0 unspecified atom stereocenters. The lowest BCUT2D eigenvalue weighted by molar-refractivity contribution is -0.129. The topological polar surface area (TPSA) is 57.5 Å². The van der Waals surface area contributed by atoms with Crippen molar-refractivity contribution in [3.05, 3.63) is 29.3 Å². The number of ketones is 1. The van der Waals surface area contributed by atoms with Crippen LogP contribution in [0.1, 0.15) is 56.6 Å². The molecule has 0 aromatic heterocycles. The maximum atomic E-state index is 12.1. The lowest BCUT2D eigenvalue weighted by atomic mass is 9.54. The predicted octanol–water partition coefficient (Wildman–Crippen LogP) is 3.42. The molecule has 1 aromatic rings. The number of rotatable bonds is 1. The molecular formula is C20H26O3. The number of aryl methyl sites for hydroxylation is 1. The Morgan fingerprint density at radius 1 is 1.30 bits per heavy atom. The first-order valence-electron chi connectivity index (χ1n) is 8.92. The van der Waals surface area contributed by atoms with Gasteiger partial charge in [0.15, 0.2) is 0 Å². The summed E-state index contributed by atoms with van der Waals surface area (Å²) in [4.78, 5) is 12.1. The Balaban J connectivity index is 1.71. The van der Waals surface area contributed by atoms with Gasteiger partial charge in [0.1, 0.15) is 11.5 Å². The number of hydrogen-bond acceptors (Lipinski definition) is 3. The number of carbonyl (C=O) groups is 1. The highest BCUT2D eigenvalue weighted by molar-refractivity contribution is 5.80. The number of Topliss-reactive ketones (excluding diaryl/α,β-unsaturated/α-hetero) is 1. The van der Waals surface area contributed by atoms with Crippen molar-refractivity contribution in [3.63, 3.8) is 0 Å². The van der Waals surface area contributed by atoms with Crippen LogP contribution in [0.25, 0.3) is 0 Å². The fourth-order valence-electron chi connectivity index (χ4n) is 6.32. The van der Waals surface area contributed by atoms with Crippen molar-refractivity contribution in [2.75, 3.05) is 0 Å². The maximum absolute atomic E-state index is 12.1. The van der Waals surface area contributed by atoms with Crippen LogP contribution in [-0.2, 0) is 11.2 Å². The zero-order chi connectivity index (χ0) is 16.4. The number of aliphatic hydroxyl groups excluding tert-OH is 1. The maximum Gasteiger partial charge on any atom is 0.136 e. The minimum Gasteiger partial charge on any atom is -0.508 e. The van der Waals surface area contributed by atoms with Crippen LogP contribution in [-0.4, -0.2) is 22.1 Å². The van der Waals surface area contributed by atoms with E-state index >= 15 is 0 Å². The van der Waals surface area contributed by atoms with Crippen LogP contribution < -0.4 is 0 Å².